The van der Waals surface area contributed by atoms with Crippen LogP contribution in [0.25, 0.3) is 0 Å². The lowest BCUT2D eigenvalue weighted by atomic mass is 10.1. The highest BCUT2D eigenvalue weighted by atomic mass is 35.5. The van der Waals surface area contributed by atoms with Gasteiger partial charge in [0.1, 0.15) is 0 Å². The van der Waals surface area contributed by atoms with Crippen molar-refractivity contribution in [1.29, 1.82) is 0 Å². The summed E-state index contributed by atoms with van der Waals surface area (Å²) < 4.78 is 27.2. The summed E-state index contributed by atoms with van der Waals surface area (Å²) in [5.41, 5.74) is 2.53. The molecule has 0 spiro atoms. The Labute approximate surface area is 177 Å². The fourth-order valence-electron chi connectivity index (χ4n) is 3.34. The van der Waals surface area contributed by atoms with Gasteiger partial charge in [0.25, 0.3) is 0 Å². The van der Waals surface area contributed by atoms with E-state index in [4.69, 9.17) is 11.6 Å². The van der Waals surface area contributed by atoms with Crippen molar-refractivity contribution in [2.45, 2.75) is 31.7 Å². The third kappa shape index (κ3) is 4.80. The monoisotopic (exact) mass is 435 g/mol. The van der Waals surface area contributed by atoms with Crippen LogP contribution in [0, 0.1) is 13.8 Å². The van der Waals surface area contributed by atoms with E-state index >= 15 is 0 Å². The van der Waals surface area contributed by atoms with Crippen LogP contribution in [0.15, 0.2) is 47.4 Å². The van der Waals surface area contributed by atoms with Crippen molar-refractivity contribution in [2.75, 3.05) is 31.5 Å². The van der Waals surface area contributed by atoms with Gasteiger partial charge in [-0.2, -0.15) is 4.31 Å². The second-order valence-electron chi connectivity index (χ2n) is 7.33. The molecule has 156 valence electrons. The molecule has 29 heavy (non-hydrogen) atoms. The van der Waals surface area contributed by atoms with E-state index in [0.717, 1.165) is 11.1 Å². The minimum atomic E-state index is -3.52. The van der Waals surface area contributed by atoms with Crippen LogP contribution in [0.5, 0.6) is 0 Å². The minimum Gasteiger partial charge on any atom is -0.324 e. The largest absolute Gasteiger partial charge is 0.324 e. The first kappa shape index (κ1) is 21.8. The lowest BCUT2D eigenvalue weighted by Crippen LogP contribution is -2.53. The number of rotatable bonds is 5. The second kappa shape index (κ2) is 8.83. The van der Waals surface area contributed by atoms with Gasteiger partial charge >= 0.3 is 0 Å². The van der Waals surface area contributed by atoms with Gasteiger partial charge in [-0.3, -0.25) is 9.69 Å². The van der Waals surface area contributed by atoms with E-state index in [2.05, 4.69) is 5.32 Å². The van der Waals surface area contributed by atoms with Gasteiger partial charge < -0.3 is 5.32 Å². The van der Waals surface area contributed by atoms with Crippen molar-refractivity contribution in [3.63, 3.8) is 0 Å². The molecule has 1 aliphatic heterocycles. The van der Waals surface area contributed by atoms with Crippen LogP contribution in [-0.4, -0.2) is 55.8 Å². The SMILES string of the molecule is Cc1ccc(S(=O)(=O)N2CCN(C(C)C(=O)Nc3cccc(Cl)c3C)CC2)cc1. The predicted molar refractivity (Wildman–Crippen MR) is 116 cm³/mol. The maximum atomic E-state index is 12.8. The van der Waals surface area contributed by atoms with Gasteiger partial charge in [0.05, 0.1) is 10.9 Å². The fraction of sp³-hybridized carbons (Fsp3) is 0.381. The zero-order valence-corrected chi connectivity index (χ0v) is 18.4. The molecule has 0 aliphatic carbocycles. The van der Waals surface area contributed by atoms with Gasteiger partial charge in [-0.1, -0.05) is 35.4 Å². The van der Waals surface area contributed by atoms with Crippen LogP contribution in [0.2, 0.25) is 5.02 Å². The summed E-state index contributed by atoms with van der Waals surface area (Å²) in [6, 6.07) is 11.9. The van der Waals surface area contributed by atoms with E-state index in [1.165, 1.54) is 4.31 Å². The Kier molecular flexibility index (Phi) is 6.63. The summed E-state index contributed by atoms with van der Waals surface area (Å²) in [5.74, 6) is -0.134. The molecular formula is C21H26ClN3O3S. The summed E-state index contributed by atoms with van der Waals surface area (Å²) in [7, 11) is -3.52. The number of anilines is 1. The Morgan fingerprint density at radius 3 is 2.28 bits per heavy atom. The molecular weight excluding hydrogens is 410 g/mol. The number of carbonyl (C=O) groups excluding carboxylic acids is 1. The summed E-state index contributed by atoms with van der Waals surface area (Å²) in [5, 5.41) is 3.53. The fourth-order valence-corrected chi connectivity index (χ4v) is 4.93. The molecule has 0 aromatic heterocycles. The topological polar surface area (TPSA) is 69.7 Å². The number of nitrogens with zero attached hydrogens (tertiary/aromatic N) is 2. The third-order valence-corrected chi connectivity index (χ3v) is 7.71. The first-order valence-corrected chi connectivity index (χ1v) is 11.4. The van der Waals surface area contributed by atoms with Gasteiger partial charge in [0.2, 0.25) is 15.9 Å². The summed E-state index contributed by atoms with van der Waals surface area (Å²) in [6.45, 7) is 7.31. The molecule has 1 unspecified atom stereocenters. The number of amides is 1. The normalized spacial score (nSPS) is 17.1. The van der Waals surface area contributed by atoms with Crippen molar-refractivity contribution in [2.24, 2.45) is 0 Å². The zero-order chi connectivity index (χ0) is 21.2. The highest BCUT2D eigenvalue weighted by Crippen LogP contribution is 2.24. The third-order valence-electron chi connectivity index (χ3n) is 5.38. The molecule has 0 radical (unpaired) electrons. The number of halogens is 1. The maximum Gasteiger partial charge on any atom is 0.243 e. The zero-order valence-electron chi connectivity index (χ0n) is 16.9. The Balaban J connectivity index is 1.61. The lowest BCUT2D eigenvalue weighted by Gasteiger charge is -2.36. The number of aryl methyl sites for hydroxylation is 1. The number of hydrogen-bond donors (Lipinski definition) is 1. The molecule has 1 atom stereocenters. The molecule has 1 saturated heterocycles. The van der Waals surface area contributed by atoms with Gasteiger partial charge in [-0.15, -0.1) is 0 Å². The lowest BCUT2D eigenvalue weighted by molar-refractivity contribution is -0.121. The second-order valence-corrected chi connectivity index (χ2v) is 9.68. The van der Waals surface area contributed by atoms with E-state index in [-0.39, 0.29) is 11.9 Å². The smallest absolute Gasteiger partial charge is 0.243 e. The highest BCUT2D eigenvalue weighted by Gasteiger charge is 2.31. The molecule has 1 amide bonds. The molecule has 0 saturated carbocycles. The van der Waals surface area contributed by atoms with E-state index in [9.17, 15) is 13.2 Å². The van der Waals surface area contributed by atoms with Crippen LogP contribution in [0.1, 0.15) is 18.1 Å². The van der Waals surface area contributed by atoms with Crippen molar-refractivity contribution in [1.82, 2.24) is 9.21 Å². The number of hydrogen-bond acceptors (Lipinski definition) is 4. The average Bonchev–Trinajstić information content (AvgIpc) is 2.71. The first-order chi connectivity index (χ1) is 13.7. The molecule has 1 N–H and O–H groups in total. The van der Waals surface area contributed by atoms with E-state index < -0.39 is 10.0 Å². The van der Waals surface area contributed by atoms with Crippen molar-refractivity contribution < 1.29 is 13.2 Å². The Bertz CT molecular complexity index is 985. The quantitative estimate of drug-likeness (QED) is 0.782. The number of nitrogens with one attached hydrogen (secondary N) is 1. The molecule has 1 aliphatic rings. The molecule has 1 heterocycles. The highest BCUT2D eigenvalue weighted by molar-refractivity contribution is 7.89. The summed E-state index contributed by atoms with van der Waals surface area (Å²) >= 11 is 6.12. The van der Waals surface area contributed by atoms with E-state index in [1.54, 1.807) is 36.4 Å². The number of benzene rings is 2. The van der Waals surface area contributed by atoms with Crippen LogP contribution in [-0.2, 0) is 14.8 Å². The van der Waals surface area contributed by atoms with Crippen molar-refractivity contribution in [3.8, 4) is 0 Å². The van der Waals surface area contributed by atoms with E-state index in [0.29, 0.717) is 41.8 Å². The summed E-state index contributed by atoms with van der Waals surface area (Å²) in [6.07, 6.45) is 0. The maximum absolute atomic E-state index is 12.8. The molecule has 8 heteroatoms. The van der Waals surface area contributed by atoms with Gasteiger partial charge in [-0.25, -0.2) is 8.42 Å². The standard InChI is InChI=1S/C21H26ClN3O3S/c1-15-7-9-18(10-8-15)29(27,28)25-13-11-24(12-14-25)17(3)21(26)23-20-6-4-5-19(22)16(20)2/h4-10,17H,11-14H2,1-3H3,(H,23,26). The molecule has 0 bridgehead atoms. The van der Waals surface area contributed by atoms with Crippen LogP contribution >= 0.6 is 11.6 Å². The Morgan fingerprint density at radius 2 is 1.66 bits per heavy atom. The minimum absolute atomic E-state index is 0.134. The van der Waals surface area contributed by atoms with Gasteiger partial charge in [0, 0.05) is 36.9 Å². The van der Waals surface area contributed by atoms with E-state index in [1.807, 2.05) is 31.7 Å². The number of piperazine rings is 1. The van der Waals surface area contributed by atoms with Crippen molar-refractivity contribution in [3.05, 3.63) is 58.6 Å². The van der Waals surface area contributed by atoms with Gasteiger partial charge in [-0.05, 0) is 50.6 Å². The van der Waals surface area contributed by atoms with Gasteiger partial charge in [0.15, 0.2) is 0 Å². The number of carbonyl (C=O) groups is 1. The number of sulfonamides is 1. The molecule has 1 fully saturated rings. The molecule has 3 rings (SSSR count). The van der Waals surface area contributed by atoms with Crippen LogP contribution in [0.4, 0.5) is 5.69 Å². The van der Waals surface area contributed by atoms with Crippen LogP contribution < -0.4 is 5.32 Å². The molecule has 6 nitrogen and oxygen atoms in total. The predicted octanol–water partition coefficient (Wildman–Crippen LogP) is 3.29. The first-order valence-electron chi connectivity index (χ1n) is 9.57. The Morgan fingerprint density at radius 1 is 1.03 bits per heavy atom. The summed E-state index contributed by atoms with van der Waals surface area (Å²) in [4.78, 5) is 15.0. The molecule has 2 aromatic rings. The average molecular weight is 436 g/mol. The van der Waals surface area contributed by atoms with Crippen LogP contribution in [0.3, 0.4) is 0 Å². The molecule has 2 aromatic carbocycles. The van der Waals surface area contributed by atoms with Crippen molar-refractivity contribution >= 4 is 33.2 Å². The Hall–Kier alpha value is -1.93.